The standard InChI is InChI=1S/C21H18F2N4O3S/c1-12-7-17-19(25-12)20(29)27(10-15-3-2-6-30-15)21(26-17)31-11-18(28)24-9-13-4-5-14(22)8-16(13)23/h2-8,25H,9-11H2,1H3,(H,24,28). The Kier molecular flexibility index (Phi) is 5.90. The number of amides is 1. The summed E-state index contributed by atoms with van der Waals surface area (Å²) in [4.78, 5) is 32.8. The summed E-state index contributed by atoms with van der Waals surface area (Å²) in [7, 11) is 0. The van der Waals surface area contributed by atoms with E-state index in [0.717, 1.165) is 29.6 Å². The van der Waals surface area contributed by atoms with Gasteiger partial charge in [0.2, 0.25) is 5.91 Å². The van der Waals surface area contributed by atoms with Crippen molar-refractivity contribution in [2.24, 2.45) is 0 Å². The number of furan rings is 1. The number of hydrogen-bond acceptors (Lipinski definition) is 5. The average molecular weight is 444 g/mol. The van der Waals surface area contributed by atoms with E-state index in [2.05, 4.69) is 15.3 Å². The third-order valence-electron chi connectivity index (χ3n) is 4.56. The molecule has 0 fully saturated rings. The molecule has 7 nitrogen and oxygen atoms in total. The molecule has 0 aliphatic carbocycles. The Morgan fingerprint density at radius 2 is 2.13 bits per heavy atom. The Morgan fingerprint density at radius 1 is 1.29 bits per heavy atom. The van der Waals surface area contributed by atoms with Crippen LogP contribution in [-0.4, -0.2) is 26.2 Å². The second kappa shape index (κ2) is 8.76. The normalized spacial score (nSPS) is 11.2. The van der Waals surface area contributed by atoms with E-state index in [1.54, 1.807) is 18.2 Å². The highest BCUT2D eigenvalue weighted by molar-refractivity contribution is 7.99. The Bertz CT molecular complexity index is 1300. The number of thioether (sulfide) groups is 1. The summed E-state index contributed by atoms with van der Waals surface area (Å²) in [6.45, 7) is 1.92. The van der Waals surface area contributed by atoms with E-state index >= 15 is 0 Å². The predicted octanol–water partition coefficient (Wildman–Crippen LogP) is 3.36. The van der Waals surface area contributed by atoms with E-state index in [4.69, 9.17) is 4.42 Å². The number of carbonyl (C=O) groups is 1. The zero-order valence-electron chi connectivity index (χ0n) is 16.4. The molecule has 2 N–H and O–H groups in total. The van der Waals surface area contributed by atoms with Crippen molar-refractivity contribution >= 4 is 28.7 Å². The summed E-state index contributed by atoms with van der Waals surface area (Å²) in [6.07, 6.45) is 1.51. The van der Waals surface area contributed by atoms with Crippen LogP contribution in [0.5, 0.6) is 0 Å². The van der Waals surface area contributed by atoms with Gasteiger partial charge in [-0.1, -0.05) is 17.8 Å². The minimum Gasteiger partial charge on any atom is -0.467 e. The van der Waals surface area contributed by atoms with Gasteiger partial charge >= 0.3 is 0 Å². The van der Waals surface area contributed by atoms with Crippen molar-refractivity contribution in [2.75, 3.05) is 5.75 Å². The molecule has 0 spiro atoms. The number of H-pyrrole nitrogens is 1. The first-order chi connectivity index (χ1) is 14.9. The monoisotopic (exact) mass is 444 g/mol. The molecule has 1 aromatic carbocycles. The lowest BCUT2D eigenvalue weighted by atomic mass is 10.2. The zero-order chi connectivity index (χ0) is 22.0. The zero-order valence-corrected chi connectivity index (χ0v) is 17.3. The third-order valence-corrected chi connectivity index (χ3v) is 5.53. The minimum absolute atomic E-state index is 0.0394. The molecule has 10 heteroatoms. The maximum atomic E-state index is 13.7. The van der Waals surface area contributed by atoms with Gasteiger partial charge in [0.1, 0.15) is 22.9 Å². The molecule has 1 amide bonds. The Hall–Kier alpha value is -3.40. The maximum absolute atomic E-state index is 13.7. The largest absolute Gasteiger partial charge is 0.467 e. The lowest BCUT2D eigenvalue weighted by Crippen LogP contribution is -2.27. The van der Waals surface area contributed by atoms with E-state index in [-0.39, 0.29) is 35.9 Å². The van der Waals surface area contributed by atoms with Crippen molar-refractivity contribution < 1.29 is 18.0 Å². The van der Waals surface area contributed by atoms with Crippen LogP contribution in [0.1, 0.15) is 17.0 Å². The van der Waals surface area contributed by atoms with Gasteiger partial charge in [0, 0.05) is 23.9 Å². The molecule has 3 aromatic heterocycles. The predicted molar refractivity (Wildman–Crippen MR) is 112 cm³/mol. The first-order valence-electron chi connectivity index (χ1n) is 9.36. The molecule has 0 saturated heterocycles. The van der Waals surface area contributed by atoms with E-state index in [9.17, 15) is 18.4 Å². The molecule has 0 atom stereocenters. The second-order valence-corrected chi connectivity index (χ2v) is 7.82. The molecule has 4 rings (SSSR count). The van der Waals surface area contributed by atoms with Crippen LogP contribution in [-0.2, 0) is 17.9 Å². The number of fused-ring (bicyclic) bond motifs is 1. The highest BCUT2D eigenvalue weighted by Crippen LogP contribution is 2.19. The van der Waals surface area contributed by atoms with Gasteiger partial charge in [-0.15, -0.1) is 0 Å². The highest BCUT2D eigenvalue weighted by Gasteiger charge is 2.16. The van der Waals surface area contributed by atoms with Crippen molar-refractivity contribution in [3.05, 3.63) is 81.7 Å². The molecule has 0 bridgehead atoms. The quantitative estimate of drug-likeness (QED) is 0.337. The number of benzene rings is 1. The summed E-state index contributed by atoms with van der Waals surface area (Å²) in [5.41, 5.74) is 1.59. The Balaban J connectivity index is 1.51. The molecule has 0 unspecified atom stereocenters. The van der Waals surface area contributed by atoms with Gasteiger partial charge in [-0.2, -0.15) is 0 Å². The van der Waals surface area contributed by atoms with Crippen LogP contribution < -0.4 is 10.9 Å². The first kappa shape index (κ1) is 20.9. The van der Waals surface area contributed by atoms with E-state index in [1.807, 2.05) is 6.92 Å². The second-order valence-electron chi connectivity index (χ2n) is 6.88. The van der Waals surface area contributed by atoms with E-state index in [0.29, 0.717) is 22.0 Å². The van der Waals surface area contributed by atoms with Crippen LogP contribution in [0.4, 0.5) is 8.78 Å². The van der Waals surface area contributed by atoms with Gasteiger partial charge < -0.3 is 14.7 Å². The summed E-state index contributed by atoms with van der Waals surface area (Å²) in [6, 6.07) is 8.40. The highest BCUT2D eigenvalue weighted by atomic mass is 32.2. The van der Waals surface area contributed by atoms with Crippen molar-refractivity contribution in [1.82, 2.24) is 19.9 Å². The fourth-order valence-electron chi connectivity index (χ4n) is 3.06. The molecule has 4 aromatic rings. The fourth-order valence-corrected chi connectivity index (χ4v) is 3.89. The number of nitrogens with one attached hydrogen (secondary N) is 2. The third kappa shape index (κ3) is 4.69. The van der Waals surface area contributed by atoms with Crippen LogP contribution in [0.3, 0.4) is 0 Å². The van der Waals surface area contributed by atoms with Gasteiger partial charge in [-0.25, -0.2) is 13.8 Å². The summed E-state index contributed by atoms with van der Waals surface area (Å²) >= 11 is 1.09. The summed E-state index contributed by atoms with van der Waals surface area (Å²) in [5.74, 6) is -1.25. The topological polar surface area (TPSA) is 92.9 Å². The van der Waals surface area contributed by atoms with Gasteiger partial charge in [0.05, 0.1) is 24.1 Å². The van der Waals surface area contributed by atoms with Gasteiger partial charge in [-0.05, 0) is 31.2 Å². The van der Waals surface area contributed by atoms with Crippen LogP contribution in [0, 0.1) is 18.6 Å². The number of nitrogens with zero attached hydrogens (tertiary/aromatic N) is 2. The number of carbonyl (C=O) groups excluding carboxylic acids is 1. The molecule has 0 aliphatic rings. The molecule has 0 aliphatic heterocycles. The molecular formula is C21H18F2N4O3S. The molecule has 160 valence electrons. The van der Waals surface area contributed by atoms with Crippen molar-refractivity contribution in [2.45, 2.75) is 25.2 Å². The number of rotatable bonds is 7. The lowest BCUT2D eigenvalue weighted by Gasteiger charge is -2.11. The van der Waals surface area contributed by atoms with Crippen LogP contribution >= 0.6 is 11.8 Å². The number of aromatic amines is 1. The maximum Gasteiger partial charge on any atom is 0.278 e. The number of aromatic nitrogens is 3. The smallest absolute Gasteiger partial charge is 0.278 e. The number of halogens is 2. The molecule has 31 heavy (non-hydrogen) atoms. The van der Waals surface area contributed by atoms with Crippen molar-refractivity contribution in [3.8, 4) is 0 Å². The van der Waals surface area contributed by atoms with E-state index in [1.165, 1.54) is 16.9 Å². The van der Waals surface area contributed by atoms with Gasteiger partial charge in [0.15, 0.2) is 5.16 Å². The van der Waals surface area contributed by atoms with Crippen LogP contribution in [0.25, 0.3) is 11.0 Å². The van der Waals surface area contributed by atoms with Crippen molar-refractivity contribution in [3.63, 3.8) is 0 Å². The van der Waals surface area contributed by atoms with Crippen molar-refractivity contribution in [1.29, 1.82) is 0 Å². The van der Waals surface area contributed by atoms with E-state index < -0.39 is 11.6 Å². The van der Waals surface area contributed by atoms with Gasteiger partial charge in [0.25, 0.3) is 5.56 Å². The summed E-state index contributed by atoms with van der Waals surface area (Å²) < 4.78 is 33.5. The van der Waals surface area contributed by atoms with Crippen LogP contribution in [0.15, 0.2) is 57.0 Å². The lowest BCUT2D eigenvalue weighted by molar-refractivity contribution is -0.118. The van der Waals surface area contributed by atoms with Gasteiger partial charge in [-0.3, -0.25) is 14.2 Å². The Morgan fingerprint density at radius 3 is 2.87 bits per heavy atom. The minimum atomic E-state index is -0.727. The number of hydrogen-bond donors (Lipinski definition) is 2. The first-order valence-corrected chi connectivity index (χ1v) is 10.4. The molecular weight excluding hydrogens is 426 g/mol. The SMILES string of the molecule is Cc1cc2nc(SCC(=O)NCc3ccc(F)cc3F)n(Cc3ccco3)c(=O)c2[nH]1. The summed E-state index contributed by atoms with van der Waals surface area (Å²) in [5, 5.41) is 2.95. The average Bonchev–Trinajstić information content (AvgIpc) is 3.37. The molecule has 0 radical (unpaired) electrons. The number of aryl methyl sites for hydroxylation is 1. The molecule has 0 saturated carbocycles. The van der Waals surface area contributed by atoms with Crippen LogP contribution in [0.2, 0.25) is 0 Å². The Labute approximate surface area is 179 Å². The fraction of sp³-hybridized carbons (Fsp3) is 0.190. The molecule has 3 heterocycles.